The minimum Gasteiger partial charge on any atom is -0.397 e. The second-order valence-electron chi connectivity index (χ2n) is 2.29. The molecule has 0 atom stereocenters. The van der Waals surface area contributed by atoms with Crippen molar-refractivity contribution in [1.82, 2.24) is 0 Å². The molecule has 0 unspecified atom stereocenters. The SMILES string of the molecule is Nc1ccc(C#CCO)c(Cl)c1Cl. The van der Waals surface area contributed by atoms with Crippen molar-refractivity contribution in [3.8, 4) is 11.8 Å². The van der Waals surface area contributed by atoms with E-state index >= 15 is 0 Å². The minimum absolute atomic E-state index is 0.210. The third-order valence-electron chi connectivity index (χ3n) is 1.41. The Morgan fingerprint density at radius 1 is 1.31 bits per heavy atom. The molecule has 68 valence electrons. The third kappa shape index (κ3) is 2.28. The average molecular weight is 216 g/mol. The van der Waals surface area contributed by atoms with E-state index in [1.54, 1.807) is 12.1 Å². The second-order valence-corrected chi connectivity index (χ2v) is 3.05. The lowest BCUT2D eigenvalue weighted by Gasteiger charge is -2.01. The molecule has 0 bridgehead atoms. The average Bonchev–Trinajstić information content (AvgIpc) is 2.13. The van der Waals surface area contributed by atoms with Gasteiger partial charge in [0.15, 0.2) is 0 Å². The van der Waals surface area contributed by atoms with Gasteiger partial charge in [-0.1, -0.05) is 35.0 Å². The Hall–Kier alpha value is -0.880. The van der Waals surface area contributed by atoms with Gasteiger partial charge in [0.25, 0.3) is 0 Å². The Balaban J connectivity index is 3.18. The van der Waals surface area contributed by atoms with Gasteiger partial charge in [-0.3, -0.25) is 0 Å². The van der Waals surface area contributed by atoms with Crippen LogP contribution in [0, 0.1) is 11.8 Å². The minimum atomic E-state index is -0.210. The number of aliphatic hydroxyl groups excluding tert-OH is 1. The molecule has 3 N–H and O–H groups in total. The summed E-state index contributed by atoms with van der Waals surface area (Å²) in [6, 6.07) is 3.28. The molecule has 0 saturated carbocycles. The molecule has 1 aromatic rings. The standard InChI is InChI=1S/C9H7Cl2NO/c10-8-6(2-1-5-13)3-4-7(12)9(8)11/h3-4,13H,5,12H2. The Labute approximate surface area is 86.3 Å². The van der Waals surface area contributed by atoms with Crippen LogP contribution in [0.5, 0.6) is 0 Å². The predicted molar refractivity (Wildman–Crippen MR) is 54.8 cm³/mol. The molecule has 0 aliphatic heterocycles. The molecule has 0 amide bonds. The number of aliphatic hydroxyl groups is 1. The molecule has 2 nitrogen and oxygen atoms in total. The number of nitrogens with two attached hydrogens (primary N) is 1. The monoisotopic (exact) mass is 215 g/mol. The van der Waals surface area contributed by atoms with Gasteiger partial charge in [0.05, 0.1) is 15.7 Å². The fourth-order valence-electron chi connectivity index (χ4n) is 0.796. The summed E-state index contributed by atoms with van der Waals surface area (Å²) in [5.74, 6) is 5.13. The van der Waals surface area contributed by atoms with Gasteiger partial charge >= 0.3 is 0 Å². The van der Waals surface area contributed by atoms with Crippen molar-refractivity contribution in [2.24, 2.45) is 0 Å². The van der Waals surface area contributed by atoms with Crippen LogP contribution in [0.2, 0.25) is 10.0 Å². The number of halogens is 2. The van der Waals surface area contributed by atoms with E-state index < -0.39 is 0 Å². The summed E-state index contributed by atoms with van der Waals surface area (Å²) >= 11 is 11.6. The molecule has 0 heterocycles. The lowest BCUT2D eigenvalue weighted by molar-refractivity contribution is 0.350. The molecule has 0 aromatic heterocycles. The first-order chi connectivity index (χ1) is 6.16. The molecule has 13 heavy (non-hydrogen) atoms. The normalized spacial score (nSPS) is 9.15. The molecule has 0 saturated heterocycles. The predicted octanol–water partition coefficient (Wildman–Crippen LogP) is 1.92. The van der Waals surface area contributed by atoms with Gasteiger partial charge in [0.2, 0.25) is 0 Å². The largest absolute Gasteiger partial charge is 0.397 e. The highest BCUT2D eigenvalue weighted by molar-refractivity contribution is 6.44. The van der Waals surface area contributed by atoms with Gasteiger partial charge in [-0.25, -0.2) is 0 Å². The molecular formula is C9H7Cl2NO. The van der Waals surface area contributed by atoms with E-state index in [4.69, 9.17) is 34.0 Å². The first-order valence-corrected chi connectivity index (χ1v) is 4.25. The smallest absolute Gasteiger partial charge is 0.104 e. The molecule has 1 rings (SSSR count). The number of anilines is 1. The summed E-state index contributed by atoms with van der Waals surface area (Å²) in [5, 5.41) is 9.09. The number of rotatable bonds is 0. The zero-order valence-electron chi connectivity index (χ0n) is 6.64. The first-order valence-electron chi connectivity index (χ1n) is 3.50. The number of hydrogen-bond donors (Lipinski definition) is 2. The number of nitrogen functional groups attached to an aromatic ring is 1. The molecule has 0 spiro atoms. The zero-order valence-corrected chi connectivity index (χ0v) is 8.15. The maximum Gasteiger partial charge on any atom is 0.104 e. The zero-order chi connectivity index (χ0) is 9.84. The van der Waals surface area contributed by atoms with E-state index in [0.717, 1.165) is 0 Å². The summed E-state index contributed by atoms with van der Waals surface area (Å²) < 4.78 is 0. The highest BCUT2D eigenvalue weighted by Crippen LogP contribution is 2.30. The Morgan fingerprint density at radius 2 is 2.00 bits per heavy atom. The van der Waals surface area contributed by atoms with Crippen LogP contribution < -0.4 is 5.73 Å². The molecule has 1 aromatic carbocycles. The Bertz CT molecular complexity index is 379. The van der Waals surface area contributed by atoms with Crippen molar-refractivity contribution in [2.45, 2.75) is 0 Å². The molecule has 0 aliphatic carbocycles. The molecule has 0 radical (unpaired) electrons. The summed E-state index contributed by atoms with van der Waals surface area (Å²) in [6.07, 6.45) is 0. The quantitative estimate of drug-likeness (QED) is 0.514. The fraction of sp³-hybridized carbons (Fsp3) is 0.111. The van der Waals surface area contributed by atoms with Gasteiger partial charge in [0, 0.05) is 5.56 Å². The van der Waals surface area contributed by atoms with Crippen LogP contribution in [-0.4, -0.2) is 11.7 Å². The number of hydrogen-bond acceptors (Lipinski definition) is 2. The van der Waals surface area contributed by atoms with Crippen molar-refractivity contribution >= 4 is 28.9 Å². The van der Waals surface area contributed by atoms with E-state index in [9.17, 15) is 0 Å². The van der Waals surface area contributed by atoms with Gasteiger partial charge in [-0.2, -0.15) is 0 Å². The van der Waals surface area contributed by atoms with Crippen LogP contribution in [0.25, 0.3) is 0 Å². The van der Waals surface area contributed by atoms with E-state index in [2.05, 4.69) is 11.8 Å². The van der Waals surface area contributed by atoms with Crippen LogP contribution in [-0.2, 0) is 0 Å². The summed E-state index contributed by atoms with van der Waals surface area (Å²) in [6.45, 7) is -0.210. The Morgan fingerprint density at radius 3 is 2.62 bits per heavy atom. The van der Waals surface area contributed by atoms with E-state index in [0.29, 0.717) is 21.3 Å². The number of benzene rings is 1. The van der Waals surface area contributed by atoms with E-state index in [1.165, 1.54) is 0 Å². The van der Waals surface area contributed by atoms with Crippen LogP contribution in [0.3, 0.4) is 0 Å². The summed E-state index contributed by atoms with van der Waals surface area (Å²) in [4.78, 5) is 0. The fourth-order valence-corrected chi connectivity index (χ4v) is 1.18. The summed E-state index contributed by atoms with van der Waals surface area (Å²) in [5.41, 5.74) is 6.49. The van der Waals surface area contributed by atoms with Crippen molar-refractivity contribution in [3.05, 3.63) is 27.7 Å². The Kier molecular flexibility index (Phi) is 3.44. The summed E-state index contributed by atoms with van der Waals surface area (Å²) in [7, 11) is 0. The van der Waals surface area contributed by atoms with Crippen molar-refractivity contribution in [1.29, 1.82) is 0 Å². The van der Waals surface area contributed by atoms with E-state index in [1.807, 2.05) is 0 Å². The highest BCUT2D eigenvalue weighted by Gasteiger charge is 2.05. The van der Waals surface area contributed by atoms with Crippen molar-refractivity contribution in [2.75, 3.05) is 12.3 Å². The molecule has 4 heteroatoms. The topological polar surface area (TPSA) is 46.2 Å². The van der Waals surface area contributed by atoms with Crippen molar-refractivity contribution < 1.29 is 5.11 Å². The van der Waals surface area contributed by atoms with Crippen LogP contribution in [0.1, 0.15) is 5.56 Å². The van der Waals surface area contributed by atoms with Crippen LogP contribution in [0.4, 0.5) is 5.69 Å². The maximum absolute atomic E-state index is 8.47. The third-order valence-corrected chi connectivity index (χ3v) is 2.31. The second kappa shape index (κ2) is 4.38. The van der Waals surface area contributed by atoms with Gasteiger partial charge < -0.3 is 10.8 Å². The van der Waals surface area contributed by atoms with Crippen LogP contribution >= 0.6 is 23.2 Å². The van der Waals surface area contributed by atoms with E-state index in [-0.39, 0.29) is 6.61 Å². The van der Waals surface area contributed by atoms with Gasteiger partial charge in [-0.15, -0.1) is 0 Å². The highest BCUT2D eigenvalue weighted by atomic mass is 35.5. The maximum atomic E-state index is 8.47. The molecule has 0 aliphatic rings. The van der Waals surface area contributed by atoms with Crippen LogP contribution in [0.15, 0.2) is 12.1 Å². The lowest BCUT2D eigenvalue weighted by Crippen LogP contribution is -1.88. The molecular weight excluding hydrogens is 209 g/mol. The first kappa shape index (κ1) is 10.2. The van der Waals surface area contributed by atoms with Crippen molar-refractivity contribution in [3.63, 3.8) is 0 Å². The van der Waals surface area contributed by atoms with Gasteiger partial charge in [-0.05, 0) is 12.1 Å². The molecule has 0 fully saturated rings. The van der Waals surface area contributed by atoms with Gasteiger partial charge in [0.1, 0.15) is 6.61 Å². The lowest BCUT2D eigenvalue weighted by atomic mass is 10.2.